The van der Waals surface area contributed by atoms with Gasteiger partial charge in [-0.25, -0.2) is 0 Å². The van der Waals surface area contributed by atoms with Crippen molar-refractivity contribution in [2.24, 2.45) is 5.92 Å². The van der Waals surface area contributed by atoms with E-state index in [2.05, 4.69) is 16.8 Å². The third kappa shape index (κ3) is 2.33. The van der Waals surface area contributed by atoms with Crippen LogP contribution in [0.3, 0.4) is 0 Å². The van der Waals surface area contributed by atoms with E-state index in [1.54, 1.807) is 0 Å². The minimum absolute atomic E-state index is 0.345. The van der Waals surface area contributed by atoms with Crippen molar-refractivity contribution in [3.05, 3.63) is 0 Å². The molecule has 1 heterocycles. The Morgan fingerprint density at radius 3 is 2.53 bits per heavy atom. The molecule has 1 saturated heterocycles. The fraction of sp³-hybridized carbons (Fsp3) is 0.923. The van der Waals surface area contributed by atoms with Crippen LogP contribution < -0.4 is 0 Å². The van der Waals surface area contributed by atoms with Crippen molar-refractivity contribution in [3.63, 3.8) is 0 Å². The Bertz CT molecular complexity index is 304. The number of rotatable bonds is 4. The van der Waals surface area contributed by atoms with Crippen LogP contribution in [-0.2, 0) is 4.79 Å². The predicted octanol–water partition coefficient (Wildman–Crippen LogP) is 1.27. The van der Waals surface area contributed by atoms with Crippen molar-refractivity contribution in [2.75, 3.05) is 27.2 Å². The van der Waals surface area contributed by atoms with Gasteiger partial charge in [-0.05, 0) is 59.2 Å². The summed E-state index contributed by atoms with van der Waals surface area (Å²) in [5.74, 6) is -0.312. The molecular weight excluding hydrogens is 216 g/mol. The molecule has 2 atom stereocenters. The molecule has 2 fully saturated rings. The molecular formula is C13H24N2O2. The highest BCUT2D eigenvalue weighted by Crippen LogP contribution is 2.44. The summed E-state index contributed by atoms with van der Waals surface area (Å²) in [7, 11) is 4.12. The smallest absolute Gasteiger partial charge is 0.324 e. The van der Waals surface area contributed by atoms with Crippen molar-refractivity contribution >= 4 is 5.97 Å². The number of carboxylic acid groups (broad SMARTS) is 1. The maximum absolute atomic E-state index is 11.6. The van der Waals surface area contributed by atoms with Gasteiger partial charge in [0.1, 0.15) is 5.54 Å². The molecule has 0 radical (unpaired) electrons. The second-order valence-electron chi connectivity index (χ2n) is 5.90. The molecule has 4 heteroatoms. The van der Waals surface area contributed by atoms with Crippen LogP contribution in [0.1, 0.15) is 32.6 Å². The van der Waals surface area contributed by atoms with Crippen molar-refractivity contribution in [1.29, 1.82) is 0 Å². The molecule has 98 valence electrons. The van der Waals surface area contributed by atoms with Crippen molar-refractivity contribution < 1.29 is 9.90 Å². The van der Waals surface area contributed by atoms with E-state index < -0.39 is 11.5 Å². The van der Waals surface area contributed by atoms with Gasteiger partial charge in [-0.15, -0.1) is 0 Å². The highest BCUT2D eigenvalue weighted by molar-refractivity contribution is 5.79. The van der Waals surface area contributed by atoms with Crippen LogP contribution in [0.15, 0.2) is 0 Å². The summed E-state index contributed by atoms with van der Waals surface area (Å²) >= 11 is 0. The van der Waals surface area contributed by atoms with Crippen molar-refractivity contribution in [1.82, 2.24) is 9.80 Å². The molecule has 0 amide bonds. The number of hydrogen-bond donors (Lipinski definition) is 1. The zero-order valence-corrected chi connectivity index (χ0v) is 11.1. The average Bonchev–Trinajstić information content (AvgIpc) is 3.10. The van der Waals surface area contributed by atoms with Gasteiger partial charge < -0.3 is 10.0 Å². The summed E-state index contributed by atoms with van der Waals surface area (Å²) in [4.78, 5) is 16.0. The first-order chi connectivity index (χ1) is 7.96. The number of carboxylic acids is 1. The van der Waals surface area contributed by atoms with E-state index in [1.165, 1.54) is 6.42 Å². The molecule has 1 aliphatic carbocycles. The topological polar surface area (TPSA) is 43.8 Å². The summed E-state index contributed by atoms with van der Waals surface area (Å²) in [5, 5.41) is 9.55. The zero-order chi connectivity index (χ0) is 12.6. The van der Waals surface area contributed by atoms with Crippen LogP contribution in [0.5, 0.6) is 0 Å². The number of aliphatic carboxylic acids is 1. The Labute approximate surface area is 104 Å². The molecule has 0 aromatic heterocycles. The molecule has 2 unspecified atom stereocenters. The molecule has 1 N–H and O–H groups in total. The van der Waals surface area contributed by atoms with Gasteiger partial charge in [-0.2, -0.15) is 0 Å². The van der Waals surface area contributed by atoms with Gasteiger partial charge in [0.05, 0.1) is 0 Å². The van der Waals surface area contributed by atoms with Crippen LogP contribution in [0.2, 0.25) is 0 Å². The molecule has 0 bridgehead atoms. The van der Waals surface area contributed by atoms with Crippen LogP contribution in [0.4, 0.5) is 0 Å². The standard InChI is InChI=1S/C13H24N2O2/c1-13(12(16)17,10-6-7-10)15(3)11-5-4-8-14(2)9-11/h10-11H,4-9H2,1-3H3,(H,16,17). The van der Waals surface area contributed by atoms with Crippen LogP contribution in [0, 0.1) is 5.92 Å². The first-order valence-corrected chi connectivity index (χ1v) is 6.61. The molecule has 1 saturated carbocycles. The Hall–Kier alpha value is -0.610. The lowest BCUT2D eigenvalue weighted by Crippen LogP contribution is -2.59. The first-order valence-electron chi connectivity index (χ1n) is 6.61. The van der Waals surface area contributed by atoms with E-state index in [9.17, 15) is 9.90 Å². The number of nitrogens with zero attached hydrogens (tertiary/aromatic N) is 2. The fourth-order valence-electron chi connectivity index (χ4n) is 3.09. The molecule has 0 spiro atoms. The number of likely N-dealkylation sites (N-methyl/N-ethyl adjacent to an activating group) is 2. The molecule has 2 rings (SSSR count). The fourth-order valence-corrected chi connectivity index (χ4v) is 3.09. The normalized spacial score (nSPS) is 30.2. The molecule has 0 aromatic rings. The van der Waals surface area contributed by atoms with Crippen molar-refractivity contribution in [2.45, 2.75) is 44.2 Å². The number of hydrogen-bond acceptors (Lipinski definition) is 3. The number of likely N-dealkylation sites (tertiary alicyclic amines) is 1. The van der Waals surface area contributed by atoms with Gasteiger partial charge in [0.2, 0.25) is 0 Å². The number of piperidine rings is 1. The van der Waals surface area contributed by atoms with Gasteiger partial charge >= 0.3 is 5.97 Å². The average molecular weight is 240 g/mol. The molecule has 4 nitrogen and oxygen atoms in total. The minimum Gasteiger partial charge on any atom is -0.480 e. The second kappa shape index (κ2) is 4.58. The molecule has 2 aliphatic rings. The SMILES string of the molecule is CN1CCCC(N(C)C(C)(C(=O)O)C2CC2)C1. The largest absolute Gasteiger partial charge is 0.480 e. The first kappa shape index (κ1) is 12.8. The van der Waals surface area contributed by atoms with E-state index in [0.717, 1.165) is 32.4 Å². The lowest BCUT2D eigenvalue weighted by molar-refractivity contribution is -0.153. The lowest BCUT2D eigenvalue weighted by Gasteiger charge is -2.44. The Balaban J connectivity index is 2.10. The van der Waals surface area contributed by atoms with E-state index in [1.807, 2.05) is 14.0 Å². The highest BCUT2D eigenvalue weighted by atomic mass is 16.4. The van der Waals surface area contributed by atoms with Gasteiger partial charge in [-0.3, -0.25) is 9.69 Å². The van der Waals surface area contributed by atoms with Crippen LogP contribution >= 0.6 is 0 Å². The zero-order valence-electron chi connectivity index (χ0n) is 11.1. The van der Waals surface area contributed by atoms with E-state index in [-0.39, 0.29) is 0 Å². The highest BCUT2D eigenvalue weighted by Gasteiger charge is 2.52. The third-order valence-electron chi connectivity index (χ3n) is 4.69. The van der Waals surface area contributed by atoms with Crippen LogP contribution in [0.25, 0.3) is 0 Å². The Morgan fingerprint density at radius 2 is 2.06 bits per heavy atom. The Morgan fingerprint density at radius 1 is 1.41 bits per heavy atom. The van der Waals surface area contributed by atoms with Gasteiger partial charge in [0.15, 0.2) is 0 Å². The summed E-state index contributed by atoms with van der Waals surface area (Å²) in [6.45, 7) is 4.03. The van der Waals surface area contributed by atoms with Crippen LogP contribution in [-0.4, -0.2) is 59.6 Å². The summed E-state index contributed by atoms with van der Waals surface area (Å²) in [5.41, 5.74) is -0.664. The lowest BCUT2D eigenvalue weighted by atomic mass is 9.90. The van der Waals surface area contributed by atoms with Gasteiger partial charge in [0.25, 0.3) is 0 Å². The van der Waals surface area contributed by atoms with Gasteiger partial charge in [0, 0.05) is 12.6 Å². The summed E-state index contributed by atoms with van der Waals surface area (Å²) < 4.78 is 0. The van der Waals surface area contributed by atoms with E-state index in [0.29, 0.717) is 12.0 Å². The van der Waals surface area contributed by atoms with E-state index in [4.69, 9.17) is 0 Å². The molecule has 17 heavy (non-hydrogen) atoms. The van der Waals surface area contributed by atoms with Gasteiger partial charge in [-0.1, -0.05) is 0 Å². The maximum Gasteiger partial charge on any atom is 0.324 e. The maximum atomic E-state index is 11.6. The quantitative estimate of drug-likeness (QED) is 0.803. The predicted molar refractivity (Wildman–Crippen MR) is 67.0 cm³/mol. The molecule has 1 aliphatic heterocycles. The van der Waals surface area contributed by atoms with E-state index >= 15 is 0 Å². The number of carbonyl (C=O) groups is 1. The minimum atomic E-state index is -0.664. The monoisotopic (exact) mass is 240 g/mol. The molecule has 0 aromatic carbocycles. The third-order valence-corrected chi connectivity index (χ3v) is 4.69. The second-order valence-corrected chi connectivity index (χ2v) is 5.90. The summed E-state index contributed by atoms with van der Waals surface area (Å²) in [6.07, 6.45) is 4.42. The van der Waals surface area contributed by atoms with Crippen molar-refractivity contribution in [3.8, 4) is 0 Å². The Kier molecular flexibility index (Phi) is 3.46. The summed E-state index contributed by atoms with van der Waals surface area (Å²) in [6, 6.07) is 0.385.